The van der Waals surface area contributed by atoms with Crippen LogP contribution in [0.4, 0.5) is 0 Å². The molecular formula is C18H23BrN2O2. The van der Waals surface area contributed by atoms with Crippen LogP contribution in [0.1, 0.15) is 49.0 Å². The summed E-state index contributed by atoms with van der Waals surface area (Å²) in [7, 11) is 1.91. The predicted molar refractivity (Wildman–Crippen MR) is 90.7 cm³/mol. The summed E-state index contributed by atoms with van der Waals surface area (Å²) in [6.07, 6.45) is 5.77. The molecule has 1 amide bonds. The molecule has 1 aromatic rings. The molecule has 2 atom stereocenters. The Bertz CT molecular complexity index is 665. The van der Waals surface area contributed by atoms with Crippen LogP contribution in [0.3, 0.4) is 0 Å². The van der Waals surface area contributed by atoms with Gasteiger partial charge in [-0.3, -0.25) is 9.59 Å². The second-order valence-corrected chi connectivity index (χ2v) is 8.82. The van der Waals surface area contributed by atoms with Crippen molar-refractivity contribution < 1.29 is 9.59 Å². The normalized spacial score (nSPS) is 38.0. The molecule has 0 aliphatic heterocycles. The first-order valence-electron chi connectivity index (χ1n) is 8.54. The van der Waals surface area contributed by atoms with Crippen molar-refractivity contribution in [2.45, 2.75) is 38.5 Å². The highest BCUT2D eigenvalue weighted by molar-refractivity contribution is 9.10. The maximum Gasteiger partial charge on any atom is 0.223 e. The van der Waals surface area contributed by atoms with Crippen molar-refractivity contribution in [2.24, 2.45) is 41.9 Å². The molecule has 1 aromatic heterocycles. The number of nitrogens with zero attached hydrogens (tertiary/aromatic N) is 1. The summed E-state index contributed by atoms with van der Waals surface area (Å²) in [6.45, 7) is 0. The van der Waals surface area contributed by atoms with E-state index in [4.69, 9.17) is 5.73 Å². The van der Waals surface area contributed by atoms with E-state index in [1.54, 1.807) is 0 Å². The van der Waals surface area contributed by atoms with Crippen molar-refractivity contribution in [1.29, 1.82) is 0 Å². The lowest BCUT2D eigenvalue weighted by atomic mass is 9.45. The van der Waals surface area contributed by atoms with Gasteiger partial charge in [0.1, 0.15) is 0 Å². The number of nitrogens with two attached hydrogens (primary N) is 1. The van der Waals surface area contributed by atoms with Crippen molar-refractivity contribution in [2.75, 3.05) is 0 Å². The molecule has 0 radical (unpaired) electrons. The number of halogens is 1. The maximum absolute atomic E-state index is 12.8. The van der Waals surface area contributed by atoms with E-state index in [9.17, 15) is 9.59 Å². The van der Waals surface area contributed by atoms with Crippen LogP contribution >= 0.6 is 15.9 Å². The number of Topliss-reactive ketones (excluding diaryl/α,β-unsaturated/α-hetero) is 1. The molecule has 4 bridgehead atoms. The second-order valence-electron chi connectivity index (χ2n) is 8.01. The molecule has 0 spiro atoms. The molecular weight excluding hydrogens is 356 g/mol. The van der Waals surface area contributed by atoms with E-state index in [-0.39, 0.29) is 17.1 Å². The summed E-state index contributed by atoms with van der Waals surface area (Å²) < 4.78 is 2.84. The van der Waals surface area contributed by atoms with Gasteiger partial charge in [0.05, 0.1) is 10.3 Å². The number of aromatic nitrogens is 1. The highest BCUT2D eigenvalue weighted by Gasteiger charge is 2.57. The molecule has 5 heteroatoms. The van der Waals surface area contributed by atoms with Gasteiger partial charge in [0.2, 0.25) is 5.91 Å². The van der Waals surface area contributed by atoms with Gasteiger partial charge in [-0.15, -0.1) is 0 Å². The van der Waals surface area contributed by atoms with Gasteiger partial charge < -0.3 is 10.3 Å². The third kappa shape index (κ3) is 2.31. The lowest BCUT2D eigenvalue weighted by molar-refractivity contribution is -0.149. The van der Waals surface area contributed by atoms with E-state index >= 15 is 0 Å². The van der Waals surface area contributed by atoms with Crippen LogP contribution in [-0.2, 0) is 11.8 Å². The lowest BCUT2D eigenvalue weighted by Crippen LogP contribution is -2.56. The van der Waals surface area contributed by atoms with Gasteiger partial charge in [0.25, 0.3) is 0 Å². The molecule has 5 rings (SSSR count). The molecule has 4 saturated carbocycles. The first-order valence-corrected chi connectivity index (χ1v) is 9.33. The highest BCUT2D eigenvalue weighted by Crippen LogP contribution is 2.62. The Morgan fingerprint density at radius 1 is 1.26 bits per heavy atom. The van der Waals surface area contributed by atoms with Gasteiger partial charge in [0, 0.05) is 18.9 Å². The molecule has 0 saturated heterocycles. The number of primary amides is 1. The number of hydrogen-bond acceptors (Lipinski definition) is 2. The molecule has 4 aliphatic carbocycles. The molecule has 2 N–H and O–H groups in total. The summed E-state index contributed by atoms with van der Waals surface area (Å²) in [4.78, 5) is 24.7. The Morgan fingerprint density at radius 3 is 2.43 bits per heavy atom. The van der Waals surface area contributed by atoms with Crippen LogP contribution in [0.15, 0.2) is 16.7 Å². The predicted octanol–water partition coefficient (Wildman–Crippen LogP) is 3.29. The standard InChI is InChI=1S/C18H23BrN2O2/c1-21-14(2-3-16(21)19)15(22)6-13-11-4-10-5-12(13)9-18(7-10,8-11)17(20)23/h2-3,10-13H,4-9H2,1H3,(H2,20,23). The minimum Gasteiger partial charge on any atom is -0.369 e. The van der Waals surface area contributed by atoms with E-state index < -0.39 is 0 Å². The Balaban J connectivity index is 1.54. The average molecular weight is 379 g/mol. The molecule has 4 nitrogen and oxygen atoms in total. The van der Waals surface area contributed by atoms with Gasteiger partial charge in [-0.25, -0.2) is 0 Å². The van der Waals surface area contributed by atoms with E-state index in [0.717, 1.165) is 29.6 Å². The minimum absolute atomic E-state index is 0.104. The summed E-state index contributed by atoms with van der Waals surface area (Å²) in [5.74, 6) is 2.20. The topological polar surface area (TPSA) is 65.1 Å². The van der Waals surface area contributed by atoms with Crippen molar-refractivity contribution >= 4 is 27.6 Å². The van der Waals surface area contributed by atoms with E-state index in [2.05, 4.69) is 15.9 Å². The maximum atomic E-state index is 12.8. The summed E-state index contributed by atoms with van der Waals surface area (Å²) in [5.41, 5.74) is 6.25. The molecule has 1 heterocycles. The van der Waals surface area contributed by atoms with Crippen molar-refractivity contribution in [1.82, 2.24) is 4.57 Å². The molecule has 23 heavy (non-hydrogen) atoms. The summed E-state index contributed by atoms with van der Waals surface area (Å²) in [5, 5.41) is 0. The van der Waals surface area contributed by atoms with Crippen molar-refractivity contribution in [3.63, 3.8) is 0 Å². The van der Waals surface area contributed by atoms with Crippen LogP contribution < -0.4 is 5.73 Å². The first-order chi connectivity index (χ1) is 10.9. The van der Waals surface area contributed by atoms with Crippen LogP contribution in [-0.4, -0.2) is 16.3 Å². The zero-order valence-electron chi connectivity index (χ0n) is 13.4. The number of carbonyl (C=O) groups is 2. The Kier molecular flexibility index (Phi) is 3.49. The number of carbonyl (C=O) groups excluding carboxylic acids is 2. The molecule has 124 valence electrons. The number of ketones is 1. The average Bonchev–Trinajstić information content (AvgIpc) is 2.82. The third-order valence-electron chi connectivity index (χ3n) is 6.76. The van der Waals surface area contributed by atoms with E-state index in [0.29, 0.717) is 30.1 Å². The van der Waals surface area contributed by atoms with Gasteiger partial charge in [-0.05, 0) is 83.8 Å². The fourth-order valence-electron chi connectivity index (χ4n) is 5.85. The van der Waals surface area contributed by atoms with Gasteiger partial charge >= 0.3 is 0 Å². The smallest absolute Gasteiger partial charge is 0.223 e. The fourth-order valence-corrected chi connectivity index (χ4v) is 6.17. The van der Waals surface area contributed by atoms with Gasteiger partial charge in [-0.1, -0.05) is 0 Å². The van der Waals surface area contributed by atoms with Crippen LogP contribution in [0, 0.1) is 29.1 Å². The van der Waals surface area contributed by atoms with Crippen LogP contribution in [0.25, 0.3) is 0 Å². The Hall–Kier alpha value is -1.10. The third-order valence-corrected chi connectivity index (χ3v) is 7.55. The van der Waals surface area contributed by atoms with Crippen molar-refractivity contribution in [3.05, 3.63) is 22.4 Å². The number of amides is 1. The van der Waals surface area contributed by atoms with Crippen LogP contribution in [0.2, 0.25) is 0 Å². The SMILES string of the molecule is Cn1c(Br)ccc1C(=O)CC1C2CC3CC1CC(C(N)=O)(C3)C2. The van der Waals surface area contributed by atoms with Gasteiger partial charge in [-0.2, -0.15) is 0 Å². The van der Waals surface area contributed by atoms with Crippen molar-refractivity contribution in [3.8, 4) is 0 Å². The fraction of sp³-hybridized carbons (Fsp3) is 0.667. The Labute approximate surface area is 144 Å². The minimum atomic E-state index is -0.260. The van der Waals surface area contributed by atoms with Gasteiger partial charge in [0.15, 0.2) is 5.78 Å². The zero-order chi connectivity index (χ0) is 16.4. The number of rotatable bonds is 4. The number of hydrogen-bond donors (Lipinski definition) is 1. The lowest BCUT2D eigenvalue weighted by Gasteiger charge is -2.59. The molecule has 4 fully saturated rings. The monoisotopic (exact) mass is 378 g/mol. The molecule has 4 aliphatic rings. The molecule has 2 unspecified atom stereocenters. The summed E-state index contributed by atoms with van der Waals surface area (Å²) in [6, 6.07) is 3.82. The molecule has 0 aromatic carbocycles. The quantitative estimate of drug-likeness (QED) is 0.816. The zero-order valence-corrected chi connectivity index (χ0v) is 15.0. The van der Waals surface area contributed by atoms with E-state index in [1.165, 1.54) is 12.8 Å². The highest BCUT2D eigenvalue weighted by atomic mass is 79.9. The largest absolute Gasteiger partial charge is 0.369 e. The first kappa shape index (κ1) is 15.4. The second kappa shape index (κ2) is 5.20. The summed E-state index contributed by atoms with van der Waals surface area (Å²) >= 11 is 3.45. The Morgan fingerprint density at radius 2 is 1.91 bits per heavy atom. The van der Waals surface area contributed by atoms with Crippen LogP contribution in [0.5, 0.6) is 0 Å². The van der Waals surface area contributed by atoms with E-state index in [1.807, 2.05) is 23.7 Å².